The maximum Gasteiger partial charge on any atom is 0.326 e. The van der Waals surface area contributed by atoms with Crippen LogP contribution in [0.2, 0.25) is 0 Å². The molecule has 0 radical (unpaired) electrons. The lowest BCUT2D eigenvalue weighted by molar-refractivity contribution is -0.139. The fourth-order valence-corrected chi connectivity index (χ4v) is 3.56. The van der Waals surface area contributed by atoms with Crippen LogP contribution in [0.1, 0.15) is 20.3 Å². The molecule has 6 heteroatoms. The zero-order valence-electron chi connectivity index (χ0n) is 13.6. The number of nitrogens with zero attached hydrogens (tertiary/aromatic N) is 2. The van der Waals surface area contributed by atoms with E-state index in [1.165, 1.54) is 17.7 Å². The Hall–Kier alpha value is -2.47. The molecule has 24 heavy (non-hydrogen) atoms. The highest BCUT2D eigenvalue weighted by atomic mass is 32.1. The number of hydrogen-bond donors (Lipinski definition) is 2. The second-order valence-electron chi connectivity index (χ2n) is 5.76. The molecule has 0 saturated heterocycles. The Labute approximate surface area is 144 Å². The third-order valence-electron chi connectivity index (χ3n) is 4.23. The fourth-order valence-electron chi connectivity index (χ4n) is 2.65. The van der Waals surface area contributed by atoms with Crippen molar-refractivity contribution in [1.82, 2.24) is 9.97 Å². The molecule has 2 aromatic heterocycles. The highest BCUT2D eigenvalue weighted by molar-refractivity contribution is 7.17. The summed E-state index contributed by atoms with van der Waals surface area (Å²) in [5.41, 5.74) is 2.09. The van der Waals surface area contributed by atoms with Crippen LogP contribution in [0.3, 0.4) is 0 Å². The van der Waals surface area contributed by atoms with E-state index in [0.717, 1.165) is 27.8 Å². The summed E-state index contributed by atoms with van der Waals surface area (Å²) in [6.07, 6.45) is 2.25. The molecule has 0 spiro atoms. The Morgan fingerprint density at radius 2 is 2.04 bits per heavy atom. The number of aliphatic carboxylic acids is 1. The molecule has 5 nitrogen and oxygen atoms in total. The van der Waals surface area contributed by atoms with Gasteiger partial charge in [0.1, 0.15) is 23.0 Å². The van der Waals surface area contributed by atoms with Crippen LogP contribution in [-0.2, 0) is 4.79 Å². The molecule has 2 N–H and O–H groups in total. The summed E-state index contributed by atoms with van der Waals surface area (Å²) >= 11 is 1.53. The highest BCUT2D eigenvalue weighted by Gasteiger charge is 2.25. The number of thiophene rings is 1. The van der Waals surface area contributed by atoms with E-state index in [1.807, 2.05) is 49.6 Å². The average molecular weight is 341 g/mol. The second-order valence-corrected chi connectivity index (χ2v) is 6.62. The zero-order chi connectivity index (χ0) is 17.1. The summed E-state index contributed by atoms with van der Waals surface area (Å²) in [7, 11) is 0. The van der Waals surface area contributed by atoms with E-state index >= 15 is 0 Å². The van der Waals surface area contributed by atoms with Crippen LogP contribution < -0.4 is 5.32 Å². The molecule has 0 aliphatic carbocycles. The molecule has 1 aromatic carbocycles. The minimum atomic E-state index is -0.868. The van der Waals surface area contributed by atoms with Gasteiger partial charge in [-0.15, -0.1) is 11.3 Å². The largest absolute Gasteiger partial charge is 0.480 e. The molecule has 0 fully saturated rings. The molecule has 0 unspecified atom stereocenters. The van der Waals surface area contributed by atoms with Gasteiger partial charge in [-0.3, -0.25) is 0 Å². The van der Waals surface area contributed by atoms with Gasteiger partial charge in [0, 0.05) is 10.9 Å². The van der Waals surface area contributed by atoms with Crippen LogP contribution in [0, 0.1) is 5.92 Å². The normalized spacial score (nSPS) is 13.6. The lowest BCUT2D eigenvalue weighted by Gasteiger charge is -2.21. The number of aromatic nitrogens is 2. The monoisotopic (exact) mass is 341 g/mol. The Kier molecular flexibility index (Phi) is 4.76. The third-order valence-corrected chi connectivity index (χ3v) is 5.11. The molecule has 0 aliphatic rings. The predicted molar refractivity (Wildman–Crippen MR) is 97.4 cm³/mol. The van der Waals surface area contributed by atoms with Crippen molar-refractivity contribution in [2.24, 2.45) is 5.92 Å². The van der Waals surface area contributed by atoms with Gasteiger partial charge in [0.05, 0.1) is 5.39 Å². The van der Waals surface area contributed by atoms with E-state index < -0.39 is 12.0 Å². The number of carboxylic acid groups (broad SMARTS) is 1. The van der Waals surface area contributed by atoms with Gasteiger partial charge in [0.2, 0.25) is 0 Å². The predicted octanol–water partition coefficient (Wildman–Crippen LogP) is 4.27. The Balaban J connectivity index is 2.08. The first-order valence-electron chi connectivity index (χ1n) is 7.88. The van der Waals surface area contributed by atoms with Gasteiger partial charge in [0.25, 0.3) is 0 Å². The lowest BCUT2D eigenvalue weighted by atomic mass is 9.99. The Morgan fingerprint density at radius 1 is 1.29 bits per heavy atom. The standard InChI is InChI=1S/C18H19N3O2S/c1-3-11(2)15(18(22)23)21-16-14-13(12-7-5-4-6-8-12)9-24-17(14)20-10-19-16/h4-11,15H,3H2,1-2H3,(H,22,23)(H,19,20,21)/t11-,15+/m1/s1. The quantitative estimate of drug-likeness (QED) is 0.700. The van der Waals surface area contributed by atoms with Crippen molar-refractivity contribution < 1.29 is 9.90 Å². The van der Waals surface area contributed by atoms with Gasteiger partial charge in [-0.25, -0.2) is 14.8 Å². The smallest absolute Gasteiger partial charge is 0.326 e. The number of benzene rings is 1. The van der Waals surface area contributed by atoms with Gasteiger partial charge < -0.3 is 10.4 Å². The summed E-state index contributed by atoms with van der Waals surface area (Å²) < 4.78 is 0. The number of hydrogen-bond acceptors (Lipinski definition) is 5. The van der Waals surface area contributed by atoms with E-state index in [2.05, 4.69) is 15.3 Å². The molecular weight excluding hydrogens is 322 g/mol. The zero-order valence-corrected chi connectivity index (χ0v) is 14.4. The molecule has 0 amide bonds. The van der Waals surface area contributed by atoms with Crippen LogP contribution in [0.5, 0.6) is 0 Å². The SMILES string of the molecule is CC[C@@H](C)[C@H](Nc1ncnc2scc(-c3ccccc3)c12)C(=O)O. The number of nitrogens with one attached hydrogen (secondary N) is 1. The van der Waals surface area contributed by atoms with Crippen molar-refractivity contribution in [1.29, 1.82) is 0 Å². The highest BCUT2D eigenvalue weighted by Crippen LogP contribution is 2.36. The molecular formula is C18H19N3O2S. The molecule has 124 valence electrons. The molecule has 0 saturated carbocycles. The number of rotatable bonds is 6. The van der Waals surface area contributed by atoms with Crippen LogP contribution in [0.25, 0.3) is 21.3 Å². The van der Waals surface area contributed by atoms with Crippen molar-refractivity contribution >= 4 is 33.3 Å². The molecule has 3 aromatic rings. The molecule has 3 rings (SSSR count). The third kappa shape index (κ3) is 3.10. The van der Waals surface area contributed by atoms with Gasteiger partial charge in [0.15, 0.2) is 0 Å². The minimum absolute atomic E-state index is 0.00803. The van der Waals surface area contributed by atoms with Crippen molar-refractivity contribution in [3.63, 3.8) is 0 Å². The summed E-state index contributed by atoms with van der Waals surface area (Å²) in [6.45, 7) is 3.91. The second kappa shape index (κ2) is 6.97. The van der Waals surface area contributed by atoms with E-state index in [9.17, 15) is 9.90 Å². The first-order chi connectivity index (χ1) is 11.6. The van der Waals surface area contributed by atoms with Gasteiger partial charge in [-0.2, -0.15) is 0 Å². The maximum absolute atomic E-state index is 11.6. The van der Waals surface area contributed by atoms with Crippen LogP contribution in [0.4, 0.5) is 5.82 Å². The first-order valence-corrected chi connectivity index (χ1v) is 8.76. The summed E-state index contributed by atoms with van der Waals surface area (Å²) in [5, 5.41) is 15.6. The maximum atomic E-state index is 11.6. The first kappa shape index (κ1) is 16.4. The Bertz CT molecular complexity index is 848. The number of carboxylic acids is 1. The van der Waals surface area contributed by atoms with Crippen LogP contribution >= 0.6 is 11.3 Å². The lowest BCUT2D eigenvalue weighted by Crippen LogP contribution is -2.35. The number of carbonyl (C=O) groups is 1. The van der Waals surface area contributed by atoms with Gasteiger partial charge >= 0.3 is 5.97 Å². The van der Waals surface area contributed by atoms with Crippen molar-refractivity contribution in [3.8, 4) is 11.1 Å². The van der Waals surface area contributed by atoms with E-state index in [-0.39, 0.29) is 5.92 Å². The molecule has 2 heterocycles. The van der Waals surface area contributed by atoms with Gasteiger partial charge in [-0.05, 0) is 11.5 Å². The van der Waals surface area contributed by atoms with E-state index in [1.54, 1.807) is 0 Å². The van der Waals surface area contributed by atoms with E-state index in [4.69, 9.17) is 0 Å². The summed E-state index contributed by atoms with van der Waals surface area (Å²) in [4.78, 5) is 21.1. The fraction of sp³-hybridized carbons (Fsp3) is 0.278. The Morgan fingerprint density at radius 3 is 2.71 bits per heavy atom. The van der Waals surface area contributed by atoms with Crippen molar-refractivity contribution in [3.05, 3.63) is 42.0 Å². The van der Waals surface area contributed by atoms with Crippen LogP contribution in [-0.4, -0.2) is 27.1 Å². The van der Waals surface area contributed by atoms with Crippen molar-refractivity contribution in [2.75, 3.05) is 5.32 Å². The number of anilines is 1. The molecule has 0 aliphatic heterocycles. The summed E-state index contributed by atoms with van der Waals surface area (Å²) in [5.74, 6) is -0.299. The van der Waals surface area contributed by atoms with E-state index in [0.29, 0.717) is 5.82 Å². The minimum Gasteiger partial charge on any atom is -0.480 e. The molecule has 0 bridgehead atoms. The number of fused-ring (bicyclic) bond motifs is 1. The average Bonchev–Trinajstić information content (AvgIpc) is 3.04. The van der Waals surface area contributed by atoms with Crippen molar-refractivity contribution in [2.45, 2.75) is 26.3 Å². The summed E-state index contributed by atoms with van der Waals surface area (Å²) in [6, 6.07) is 9.31. The topological polar surface area (TPSA) is 75.1 Å². The van der Waals surface area contributed by atoms with Crippen LogP contribution in [0.15, 0.2) is 42.0 Å². The van der Waals surface area contributed by atoms with Gasteiger partial charge in [-0.1, -0.05) is 50.6 Å². The molecule has 2 atom stereocenters.